The smallest absolute Gasteiger partial charge is 0.241 e. The zero-order valence-electron chi connectivity index (χ0n) is 22.8. The zero-order valence-corrected chi connectivity index (χ0v) is 23.6. The monoisotopic (exact) mass is 566 g/mol. The quantitative estimate of drug-likeness (QED) is 0.346. The Morgan fingerprint density at radius 1 is 0.951 bits per heavy atom. The lowest BCUT2D eigenvalue weighted by Crippen LogP contribution is -2.48. The molecule has 6 atom stereocenters. The van der Waals surface area contributed by atoms with Crippen molar-refractivity contribution in [2.75, 3.05) is 4.90 Å². The van der Waals surface area contributed by atoms with Crippen LogP contribution >= 0.6 is 11.3 Å². The zero-order chi connectivity index (χ0) is 28.6. The molecule has 2 aliphatic carbocycles. The standard InChI is InChI=1S/C33H30N2O5S/c1-18-15-19(10-13-26(18)36)28-22-11-12-23-27(31(39)34(29(23)37)17-21-9-6-14-41-21)24(22)16-25-30(38)35(32(40)33(25,28)2)20-7-4-3-5-8-20/h3-11,13-15,23-25,27-28,36H,12,16-17H2,1-2H3. The molecule has 3 fully saturated rings. The van der Waals surface area contributed by atoms with Gasteiger partial charge >= 0.3 is 0 Å². The van der Waals surface area contributed by atoms with Gasteiger partial charge in [0.05, 0.1) is 35.4 Å². The van der Waals surface area contributed by atoms with Gasteiger partial charge in [0.1, 0.15) is 5.75 Å². The fourth-order valence-electron chi connectivity index (χ4n) is 7.86. The Hall–Kier alpha value is -4.04. The first-order valence-corrected chi connectivity index (χ1v) is 14.9. The molecular formula is C33H30N2O5S. The first-order valence-electron chi connectivity index (χ1n) is 14.0. The molecule has 6 unspecified atom stereocenters. The van der Waals surface area contributed by atoms with Crippen LogP contribution in [-0.2, 0) is 25.7 Å². The summed E-state index contributed by atoms with van der Waals surface area (Å²) in [4.78, 5) is 59.6. The number of anilines is 1. The van der Waals surface area contributed by atoms with Crippen LogP contribution in [0.1, 0.15) is 41.7 Å². The van der Waals surface area contributed by atoms with Crippen molar-refractivity contribution in [2.24, 2.45) is 29.1 Å². The summed E-state index contributed by atoms with van der Waals surface area (Å²) in [7, 11) is 0. The number of benzene rings is 2. The Morgan fingerprint density at radius 3 is 2.44 bits per heavy atom. The summed E-state index contributed by atoms with van der Waals surface area (Å²) in [5.41, 5.74) is 1.89. The number of likely N-dealkylation sites (tertiary alicyclic amines) is 1. The highest BCUT2D eigenvalue weighted by molar-refractivity contribution is 7.09. The van der Waals surface area contributed by atoms with Crippen molar-refractivity contribution in [3.63, 3.8) is 0 Å². The molecular weight excluding hydrogens is 536 g/mol. The highest BCUT2D eigenvalue weighted by Gasteiger charge is 2.67. The maximum Gasteiger partial charge on any atom is 0.241 e. The molecule has 1 saturated carbocycles. The van der Waals surface area contributed by atoms with Crippen LogP contribution in [0.4, 0.5) is 5.69 Å². The largest absolute Gasteiger partial charge is 0.508 e. The van der Waals surface area contributed by atoms with Gasteiger partial charge in [-0.25, -0.2) is 4.90 Å². The predicted molar refractivity (Wildman–Crippen MR) is 154 cm³/mol. The first kappa shape index (κ1) is 25.9. The van der Waals surface area contributed by atoms with E-state index in [9.17, 15) is 24.3 Å². The number of carbonyl (C=O) groups excluding carboxylic acids is 4. The number of thiophene rings is 1. The lowest BCUT2D eigenvalue weighted by molar-refractivity contribution is -0.141. The number of para-hydroxylation sites is 1. The molecule has 1 N–H and O–H groups in total. The van der Waals surface area contributed by atoms with Gasteiger partial charge in [-0.1, -0.05) is 48.0 Å². The maximum absolute atomic E-state index is 14.4. The van der Waals surface area contributed by atoms with Crippen LogP contribution in [0.15, 0.2) is 77.7 Å². The van der Waals surface area contributed by atoms with Gasteiger partial charge in [0.25, 0.3) is 0 Å². The van der Waals surface area contributed by atoms with Crippen molar-refractivity contribution in [1.82, 2.24) is 4.90 Å². The third kappa shape index (κ3) is 3.63. The van der Waals surface area contributed by atoms with E-state index in [1.807, 2.05) is 49.6 Å². The third-order valence-corrected chi connectivity index (χ3v) is 10.7. The van der Waals surface area contributed by atoms with E-state index in [-0.39, 0.29) is 41.8 Å². The van der Waals surface area contributed by atoms with Crippen molar-refractivity contribution in [2.45, 2.75) is 39.2 Å². The SMILES string of the molecule is Cc1cc(C2C3=CCC4C(=O)N(Cc5cccs5)C(=O)C4C3CC3C(=O)N(c4ccccc4)C(=O)C32C)ccc1O. The summed E-state index contributed by atoms with van der Waals surface area (Å²) in [6, 6.07) is 18.1. The number of amides is 4. The van der Waals surface area contributed by atoms with E-state index in [0.29, 0.717) is 24.1 Å². The molecule has 0 spiro atoms. The second kappa shape index (κ2) is 9.24. The summed E-state index contributed by atoms with van der Waals surface area (Å²) < 4.78 is 0. The highest BCUT2D eigenvalue weighted by Crippen LogP contribution is 2.63. The van der Waals surface area contributed by atoms with Crippen LogP contribution in [-0.4, -0.2) is 33.6 Å². The molecule has 7 nitrogen and oxygen atoms in total. The molecule has 8 heteroatoms. The number of aromatic hydroxyl groups is 1. The number of allylic oxidation sites excluding steroid dienone is 2. The minimum absolute atomic E-state index is 0.154. The molecule has 208 valence electrons. The second-order valence-corrected chi connectivity index (χ2v) is 12.9. The van der Waals surface area contributed by atoms with Gasteiger partial charge in [-0.05, 0) is 73.4 Å². The lowest BCUT2D eigenvalue weighted by atomic mass is 9.51. The lowest BCUT2D eigenvalue weighted by Gasteiger charge is -2.49. The fraction of sp³-hybridized carbons (Fsp3) is 0.333. The summed E-state index contributed by atoms with van der Waals surface area (Å²) in [6.07, 6.45) is 2.81. The van der Waals surface area contributed by atoms with Crippen LogP contribution in [0.25, 0.3) is 0 Å². The van der Waals surface area contributed by atoms with Gasteiger partial charge in [-0.2, -0.15) is 0 Å². The first-order chi connectivity index (χ1) is 19.7. The van der Waals surface area contributed by atoms with Gasteiger partial charge in [-0.15, -0.1) is 11.3 Å². The van der Waals surface area contributed by atoms with Gasteiger partial charge in [0, 0.05) is 10.8 Å². The molecule has 2 saturated heterocycles. The molecule has 4 aliphatic rings. The van der Waals surface area contributed by atoms with Crippen molar-refractivity contribution >= 4 is 40.7 Å². The van der Waals surface area contributed by atoms with E-state index in [4.69, 9.17) is 0 Å². The van der Waals surface area contributed by atoms with Crippen LogP contribution in [0.2, 0.25) is 0 Å². The van der Waals surface area contributed by atoms with Gasteiger partial charge < -0.3 is 5.11 Å². The van der Waals surface area contributed by atoms with Crippen molar-refractivity contribution in [3.05, 3.63) is 93.7 Å². The number of aryl methyl sites for hydroxylation is 1. The maximum atomic E-state index is 14.4. The van der Waals surface area contributed by atoms with E-state index in [1.54, 1.807) is 30.3 Å². The number of phenolic OH excluding ortho intramolecular Hbond substituents is 1. The average molecular weight is 567 g/mol. The molecule has 3 aromatic rings. The molecule has 0 bridgehead atoms. The Morgan fingerprint density at radius 2 is 1.73 bits per heavy atom. The number of hydrogen-bond acceptors (Lipinski definition) is 6. The number of nitrogens with zero attached hydrogens (tertiary/aromatic N) is 2. The number of phenols is 1. The Balaban J connectivity index is 1.35. The number of rotatable bonds is 4. The minimum atomic E-state index is -1.09. The van der Waals surface area contributed by atoms with E-state index in [2.05, 4.69) is 6.08 Å². The average Bonchev–Trinajstić information content (AvgIpc) is 3.62. The molecule has 0 radical (unpaired) electrons. The van der Waals surface area contributed by atoms with Gasteiger partial charge in [0.15, 0.2) is 0 Å². The van der Waals surface area contributed by atoms with Crippen LogP contribution in [0, 0.1) is 36.0 Å². The van der Waals surface area contributed by atoms with E-state index < -0.39 is 29.1 Å². The molecule has 41 heavy (non-hydrogen) atoms. The summed E-state index contributed by atoms with van der Waals surface area (Å²) in [6.45, 7) is 3.94. The van der Waals surface area contributed by atoms with Crippen LogP contribution < -0.4 is 4.90 Å². The number of carbonyl (C=O) groups is 4. The number of imide groups is 2. The van der Waals surface area contributed by atoms with Crippen molar-refractivity contribution in [3.8, 4) is 5.75 Å². The summed E-state index contributed by atoms with van der Waals surface area (Å²) in [5.74, 6) is -3.25. The van der Waals surface area contributed by atoms with Gasteiger partial charge in [-0.3, -0.25) is 24.1 Å². The predicted octanol–water partition coefficient (Wildman–Crippen LogP) is 5.19. The van der Waals surface area contributed by atoms with E-state index in [0.717, 1.165) is 16.0 Å². The molecule has 4 amide bonds. The summed E-state index contributed by atoms with van der Waals surface area (Å²) >= 11 is 1.51. The molecule has 1 aromatic heterocycles. The topological polar surface area (TPSA) is 95.0 Å². The van der Waals surface area contributed by atoms with Crippen LogP contribution in [0.5, 0.6) is 5.75 Å². The Kier molecular flexibility index (Phi) is 5.84. The number of fused-ring (bicyclic) bond motifs is 4. The normalized spacial score (nSPS) is 30.8. The second-order valence-electron chi connectivity index (χ2n) is 11.9. The fourth-order valence-corrected chi connectivity index (χ4v) is 8.55. The van der Waals surface area contributed by atoms with Crippen LogP contribution in [0.3, 0.4) is 0 Å². The van der Waals surface area contributed by atoms with E-state index in [1.165, 1.54) is 21.1 Å². The molecule has 3 heterocycles. The number of hydrogen-bond donors (Lipinski definition) is 1. The Labute approximate surface area is 242 Å². The molecule has 2 aliphatic heterocycles. The van der Waals surface area contributed by atoms with Crippen molar-refractivity contribution < 1.29 is 24.3 Å². The highest BCUT2D eigenvalue weighted by atomic mass is 32.1. The van der Waals surface area contributed by atoms with Crippen molar-refractivity contribution in [1.29, 1.82) is 0 Å². The Bertz CT molecular complexity index is 1630. The third-order valence-electron chi connectivity index (χ3n) is 9.83. The van der Waals surface area contributed by atoms with E-state index >= 15 is 0 Å². The molecule has 2 aromatic carbocycles. The summed E-state index contributed by atoms with van der Waals surface area (Å²) in [5, 5.41) is 12.2. The molecule has 7 rings (SSSR count). The van der Waals surface area contributed by atoms with Gasteiger partial charge in [0.2, 0.25) is 23.6 Å². The minimum Gasteiger partial charge on any atom is -0.508 e.